The Labute approximate surface area is 91.5 Å². The molecule has 1 aromatic heterocycles. The largest absolute Gasteiger partial charge is 0.415 e. The van der Waals surface area contributed by atoms with E-state index >= 15 is 0 Å². The molecule has 0 N–H and O–H groups in total. The molecule has 0 saturated heterocycles. The molecule has 0 aliphatic rings. The lowest BCUT2D eigenvalue weighted by Crippen LogP contribution is -1.78. The Kier molecular flexibility index (Phi) is 5.49. The lowest BCUT2D eigenvalue weighted by molar-refractivity contribution is 0.426. The summed E-state index contributed by atoms with van der Waals surface area (Å²) < 4.78 is 5.34. The van der Waals surface area contributed by atoms with Crippen LogP contribution < -0.4 is 0 Å². The molecule has 0 spiro atoms. The lowest BCUT2D eigenvalue weighted by Gasteiger charge is -1.91. The van der Waals surface area contributed by atoms with Gasteiger partial charge in [-0.05, 0) is 12.7 Å². The highest BCUT2D eigenvalue weighted by Crippen LogP contribution is 2.18. The molecule has 0 saturated carbocycles. The molecule has 0 radical (unpaired) electrons. The molecule has 0 amide bonds. The summed E-state index contributed by atoms with van der Waals surface area (Å²) in [5.74, 6) is 2.28. The summed E-state index contributed by atoms with van der Waals surface area (Å²) in [4.78, 5) is 0. The third kappa shape index (κ3) is 4.03. The van der Waals surface area contributed by atoms with Crippen LogP contribution in [-0.2, 0) is 5.75 Å². The topological polar surface area (TPSA) is 62.7 Å². The molecule has 6 heteroatoms. The summed E-state index contributed by atoms with van der Waals surface area (Å²) in [7, 11) is 0. The summed E-state index contributed by atoms with van der Waals surface area (Å²) in [6.45, 7) is 0. The quantitative estimate of drug-likeness (QED) is 0.551. The van der Waals surface area contributed by atoms with Crippen LogP contribution in [0.25, 0.3) is 0 Å². The van der Waals surface area contributed by atoms with Gasteiger partial charge in [0, 0.05) is 12.2 Å². The van der Waals surface area contributed by atoms with Gasteiger partial charge in [0.2, 0.25) is 5.89 Å². The van der Waals surface area contributed by atoms with Crippen molar-refractivity contribution in [1.29, 1.82) is 5.26 Å². The number of hydrogen-bond donors (Lipinski definition) is 0. The van der Waals surface area contributed by atoms with Crippen LogP contribution in [0.4, 0.5) is 0 Å². The number of thioether (sulfide) groups is 2. The van der Waals surface area contributed by atoms with Crippen molar-refractivity contribution in [2.24, 2.45) is 0 Å². The second-order valence-electron chi connectivity index (χ2n) is 2.50. The van der Waals surface area contributed by atoms with Gasteiger partial charge in [0.15, 0.2) is 0 Å². The molecule has 76 valence electrons. The van der Waals surface area contributed by atoms with E-state index in [9.17, 15) is 0 Å². The van der Waals surface area contributed by atoms with Gasteiger partial charge in [-0.3, -0.25) is 0 Å². The molecule has 14 heavy (non-hydrogen) atoms. The Balaban J connectivity index is 2.26. The Morgan fingerprint density at radius 3 is 3.07 bits per heavy atom. The first-order valence-corrected chi connectivity index (χ1v) is 6.56. The van der Waals surface area contributed by atoms with Crippen molar-refractivity contribution < 1.29 is 4.42 Å². The zero-order chi connectivity index (χ0) is 10.2. The Morgan fingerprint density at radius 1 is 1.50 bits per heavy atom. The van der Waals surface area contributed by atoms with E-state index in [0.29, 0.717) is 17.5 Å². The van der Waals surface area contributed by atoms with Gasteiger partial charge in [-0.1, -0.05) is 11.8 Å². The predicted molar refractivity (Wildman–Crippen MR) is 57.1 cm³/mol. The minimum atomic E-state index is 0.582. The van der Waals surface area contributed by atoms with Crippen molar-refractivity contribution in [1.82, 2.24) is 10.2 Å². The number of hydrogen-bond acceptors (Lipinski definition) is 6. The molecule has 0 aliphatic carbocycles. The first-order chi connectivity index (χ1) is 6.86. The fourth-order valence-electron chi connectivity index (χ4n) is 0.789. The second-order valence-corrected chi connectivity index (χ2v) is 4.42. The molecule has 0 aliphatic heterocycles. The molecule has 0 fully saturated rings. The summed E-state index contributed by atoms with van der Waals surface area (Å²) >= 11 is 3.16. The van der Waals surface area contributed by atoms with E-state index in [1.807, 2.05) is 6.26 Å². The normalized spacial score (nSPS) is 10.0. The van der Waals surface area contributed by atoms with Crippen molar-refractivity contribution >= 4 is 23.5 Å². The van der Waals surface area contributed by atoms with Crippen molar-refractivity contribution in [3.63, 3.8) is 0 Å². The SMILES string of the molecule is CSCc1nnc(SCCCC#N)o1. The average molecular weight is 229 g/mol. The van der Waals surface area contributed by atoms with Crippen LogP contribution in [0.15, 0.2) is 9.64 Å². The number of nitrogens with zero attached hydrogens (tertiary/aromatic N) is 3. The van der Waals surface area contributed by atoms with Gasteiger partial charge in [0.1, 0.15) is 0 Å². The maximum atomic E-state index is 8.32. The molecule has 0 aromatic carbocycles. The van der Waals surface area contributed by atoms with E-state index < -0.39 is 0 Å². The molecular weight excluding hydrogens is 218 g/mol. The lowest BCUT2D eigenvalue weighted by atomic mass is 10.4. The van der Waals surface area contributed by atoms with Crippen molar-refractivity contribution in [2.75, 3.05) is 12.0 Å². The maximum Gasteiger partial charge on any atom is 0.276 e. The van der Waals surface area contributed by atoms with Crippen LogP contribution in [-0.4, -0.2) is 22.2 Å². The highest BCUT2D eigenvalue weighted by Gasteiger charge is 2.04. The van der Waals surface area contributed by atoms with Crippen molar-refractivity contribution in [2.45, 2.75) is 23.8 Å². The summed E-state index contributed by atoms with van der Waals surface area (Å²) in [5.41, 5.74) is 0. The molecule has 4 nitrogen and oxygen atoms in total. The van der Waals surface area contributed by atoms with Crippen LogP contribution in [0.3, 0.4) is 0 Å². The van der Waals surface area contributed by atoms with Gasteiger partial charge >= 0.3 is 0 Å². The van der Waals surface area contributed by atoms with E-state index in [1.54, 1.807) is 11.8 Å². The van der Waals surface area contributed by atoms with Crippen molar-refractivity contribution in [3.05, 3.63) is 5.89 Å². The molecule has 0 bridgehead atoms. The minimum Gasteiger partial charge on any atom is -0.415 e. The first kappa shape index (κ1) is 11.4. The standard InChI is InChI=1S/C8H11N3OS2/c1-13-6-7-10-11-8(12-7)14-5-3-2-4-9/h2-3,5-6H2,1H3. The minimum absolute atomic E-state index is 0.582. The molecule has 0 unspecified atom stereocenters. The second kappa shape index (κ2) is 6.74. The highest BCUT2D eigenvalue weighted by molar-refractivity contribution is 7.99. The Bertz CT molecular complexity index is 308. The first-order valence-electron chi connectivity index (χ1n) is 4.18. The molecule has 1 heterocycles. The highest BCUT2D eigenvalue weighted by atomic mass is 32.2. The number of nitriles is 1. The van der Waals surface area contributed by atoms with Crippen LogP contribution in [0.5, 0.6) is 0 Å². The fraction of sp³-hybridized carbons (Fsp3) is 0.625. The summed E-state index contributed by atoms with van der Waals surface area (Å²) in [5, 5.41) is 16.7. The van der Waals surface area contributed by atoms with E-state index in [2.05, 4.69) is 16.3 Å². The third-order valence-corrected chi connectivity index (χ3v) is 2.81. The number of aromatic nitrogens is 2. The number of unbranched alkanes of at least 4 members (excludes halogenated alkanes) is 1. The fourth-order valence-corrected chi connectivity index (χ4v) is 1.87. The Hall–Kier alpha value is -0.670. The van der Waals surface area contributed by atoms with E-state index in [-0.39, 0.29) is 0 Å². The van der Waals surface area contributed by atoms with Gasteiger partial charge in [-0.2, -0.15) is 17.0 Å². The van der Waals surface area contributed by atoms with Crippen molar-refractivity contribution in [3.8, 4) is 6.07 Å². The smallest absolute Gasteiger partial charge is 0.276 e. The van der Waals surface area contributed by atoms with E-state index in [4.69, 9.17) is 9.68 Å². The number of rotatable bonds is 6. The Morgan fingerprint density at radius 2 is 2.36 bits per heavy atom. The molecule has 1 aromatic rings. The zero-order valence-electron chi connectivity index (χ0n) is 7.89. The molecular formula is C8H11N3OS2. The van der Waals surface area contributed by atoms with Crippen LogP contribution in [0.1, 0.15) is 18.7 Å². The van der Waals surface area contributed by atoms with Gasteiger partial charge in [0.05, 0.1) is 11.8 Å². The third-order valence-electron chi connectivity index (χ3n) is 1.37. The predicted octanol–water partition coefficient (Wildman–Crippen LogP) is 2.33. The van der Waals surface area contributed by atoms with E-state index in [1.165, 1.54) is 11.8 Å². The summed E-state index contributed by atoms with van der Waals surface area (Å²) in [6, 6.07) is 2.10. The maximum absolute atomic E-state index is 8.32. The average Bonchev–Trinajstić information content (AvgIpc) is 2.61. The van der Waals surface area contributed by atoms with Gasteiger partial charge in [-0.25, -0.2) is 0 Å². The van der Waals surface area contributed by atoms with Gasteiger partial charge in [0.25, 0.3) is 5.22 Å². The van der Waals surface area contributed by atoms with Crippen LogP contribution in [0, 0.1) is 11.3 Å². The molecule has 1 rings (SSSR count). The van der Waals surface area contributed by atoms with Crippen LogP contribution >= 0.6 is 23.5 Å². The molecule has 0 atom stereocenters. The van der Waals surface area contributed by atoms with Crippen LogP contribution in [0.2, 0.25) is 0 Å². The van der Waals surface area contributed by atoms with E-state index in [0.717, 1.165) is 17.9 Å². The zero-order valence-corrected chi connectivity index (χ0v) is 9.53. The van der Waals surface area contributed by atoms with Gasteiger partial charge in [-0.15, -0.1) is 10.2 Å². The monoisotopic (exact) mass is 229 g/mol. The van der Waals surface area contributed by atoms with Gasteiger partial charge < -0.3 is 4.42 Å². The summed E-state index contributed by atoms with van der Waals surface area (Å²) in [6.07, 6.45) is 3.43.